The van der Waals surface area contributed by atoms with Crippen molar-refractivity contribution in [1.82, 2.24) is 0 Å². The van der Waals surface area contributed by atoms with Crippen molar-refractivity contribution < 1.29 is 8.85 Å². The van der Waals surface area contributed by atoms with Gasteiger partial charge in [0.15, 0.2) is 8.32 Å². The van der Waals surface area contributed by atoms with Gasteiger partial charge in [0.05, 0.1) is 12.2 Å². The van der Waals surface area contributed by atoms with Crippen molar-refractivity contribution >= 4 is 16.6 Å². The van der Waals surface area contributed by atoms with E-state index in [0.717, 1.165) is 18.5 Å². The Balaban J connectivity index is 2.37. The van der Waals surface area contributed by atoms with Crippen LogP contribution in [0.3, 0.4) is 0 Å². The summed E-state index contributed by atoms with van der Waals surface area (Å²) >= 11 is 0. The molecular formula is C19H32O2Si2. The molecule has 1 aliphatic rings. The molecule has 0 spiro atoms. The second kappa shape index (κ2) is 7.47. The van der Waals surface area contributed by atoms with Crippen molar-refractivity contribution in [3.05, 3.63) is 48.6 Å². The van der Waals surface area contributed by atoms with Gasteiger partial charge in [-0.2, -0.15) is 0 Å². The molecule has 2 rings (SSSR count). The molecule has 23 heavy (non-hydrogen) atoms. The molecule has 0 radical (unpaired) electrons. The Bertz CT molecular complexity index is 506. The molecule has 0 amide bonds. The van der Waals surface area contributed by atoms with Gasteiger partial charge in [0.1, 0.15) is 0 Å². The minimum absolute atomic E-state index is 0.167. The van der Waals surface area contributed by atoms with Crippen LogP contribution in [0.5, 0.6) is 0 Å². The summed E-state index contributed by atoms with van der Waals surface area (Å²) in [6, 6.07) is 12.9. The van der Waals surface area contributed by atoms with Crippen LogP contribution in [0.4, 0.5) is 0 Å². The summed E-state index contributed by atoms with van der Waals surface area (Å²) < 4.78 is 13.4. The molecule has 0 saturated carbocycles. The zero-order valence-electron chi connectivity index (χ0n) is 15.3. The minimum atomic E-state index is -1.89. The molecule has 128 valence electrons. The van der Waals surface area contributed by atoms with Crippen molar-refractivity contribution in [2.24, 2.45) is 0 Å². The third kappa shape index (κ3) is 4.24. The second-order valence-electron chi connectivity index (χ2n) is 7.55. The Hall–Kier alpha value is -0.686. The van der Waals surface area contributed by atoms with E-state index in [1.165, 1.54) is 5.56 Å². The molecule has 0 unspecified atom stereocenters. The number of benzene rings is 1. The maximum Gasteiger partial charge on any atom is 0.202 e. The fourth-order valence-electron chi connectivity index (χ4n) is 3.81. The Kier molecular flexibility index (Phi) is 6.06. The highest BCUT2D eigenvalue weighted by Crippen LogP contribution is 2.47. The van der Waals surface area contributed by atoms with Gasteiger partial charge in [-0.25, -0.2) is 0 Å². The summed E-state index contributed by atoms with van der Waals surface area (Å²) in [5, 5.41) is 0. The molecule has 0 N–H and O–H groups in total. The van der Waals surface area contributed by atoms with E-state index in [-0.39, 0.29) is 12.2 Å². The molecule has 1 saturated heterocycles. The van der Waals surface area contributed by atoms with Crippen molar-refractivity contribution in [2.45, 2.75) is 69.7 Å². The second-order valence-corrected chi connectivity index (χ2v) is 16.5. The van der Waals surface area contributed by atoms with Crippen LogP contribution in [0, 0.1) is 0 Å². The van der Waals surface area contributed by atoms with Crippen LogP contribution < -0.4 is 0 Å². The van der Waals surface area contributed by atoms with Crippen LogP contribution in [0.2, 0.25) is 37.3 Å². The summed E-state index contributed by atoms with van der Waals surface area (Å²) in [7, 11) is -3.49. The molecular weight excluding hydrogens is 316 g/mol. The maximum atomic E-state index is 6.81. The zero-order valence-corrected chi connectivity index (χ0v) is 17.3. The van der Waals surface area contributed by atoms with E-state index in [2.05, 4.69) is 76.5 Å². The molecule has 2 nitrogen and oxygen atoms in total. The van der Waals surface area contributed by atoms with Crippen LogP contribution in [-0.4, -0.2) is 22.7 Å². The van der Waals surface area contributed by atoms with Gasteiger partial charge in [-0.05, 0) is 37.3 Å². The van der Waals surface area contributed by atoms with E-state index in [1.54, 1.807) is 0 Å². The summed E-state index contributed by atoms with van der Waals surface area (Å²) in [6.07, 6.45) is 3.50. The van der Waals surface area contributed by atoms with Crippen LogP contribution in [0.1, 0.15) is 31.9 Å². The molecule has 1 aliphatic heterocycles. The molecule has 0 bridgehead atoms. The lowest BCUT2D eigenvalue weighted by Gasteiger charge is -2.49. The highest BCUT2D eigenvalue weighted by atomic mass is 28.4. The summed E-state index contributed by atoms with van der Waals surface area (Å²) in [6.45, 7) is 15.5. The molecule has 4 heteroatoms. The first-order valence-corrected chi connectivity index (χ1v) is 14.7. The Morgan fingerprint density at radius 3 is 2.30 bits per heavy atom. The third-order valence-electron chi connectivity index (χ3n) is 4.96. The quantitative estimate of drug-likeness (QED) is 0.470. The average molecular weight is 349 g/mol. The highest BCUT2D eigenvalue weighted by Gasteiger charge is 2.50. The fourth-order valence-corrected chi connectivity index (χ4v) is 9.14. The molecule has 1 fully saturated rings. The van der Waals surface area contributed by atoms with Crippen molar-refractivity contribution in [1.29, 1.82) is 0 Å². The van der Waals surface area contributed by atoms with E-state index in [4.69, 9.17) is 8.85 Å². The van der Waals surface area contributed by atoms with Crippen LogP contribution in [0.15, 0.2) is 43.0 Å². The van der Waals surface area contributed by atoms with Gasteiger partial charge in [-0.1, -0.05) is 50.3 Å². The first-order valence-electron chi connectivity index (χ1n) is 8.88. The molecule has 1 heterocycles. The van der Waals surface area contributed by atoms with Gasteiger partial charge < -0.3 is 8.85 Å². The largest absolute Gasteiger partial charge is 0.414 e. The minimum Gasteiger partial charge on any atom is -0.414 e. The molecule has 1 aromatic rings. The van der Waals surface area contributed by atoms with Crippen LogP contribution >= 0.6 is 0 Å². The Labute approximate surface area is 144 Å². The van der Waals surface area contributed by atoms with Gasteiger partial charge in [-0.3, -0.25) is 0 Å². The normalized spacial score (nSPS) is 27.6. The van der Waals surface area contributed by atoms with Crippen LogP contribution in [-0.2, 0) is 8.85 Å². The van der Waals surface area contributed by atoms with Gasteiger partial charge in [0, 0.05) is 12.0 Å². The Morgan fingerprint density at radius 2 is 1.83 bits per heavy atom. The van der Waals surface area contributed by atoms with Crippen LogP contribution in [0.25, 0.3) is 0 Å². The summed E-state index contributed by atoms with van der Waals surface area (Å²) in [5.74, 6) is 0. The lowest BCUT2D eigenvalue weighted by Crippen LogP contribution is -2.53. The number of hydrogen-bond acceptors (Lipinski definition) is 2. The van der Waals surface area contributed by atoms with Gasteiger partial charge in [0.25, 0.3) is 0 Å². The maximum absolute atomic E-state index is 6.81. The lowest BCUT2D eigenvalue weighted by atomic mass is 10.0. The number of hydrogen-bond donors (Lipinski definition) is 0. The predicted octanol–water partition coefficient (Wildman–Crippen LogP) is 5.91. The third-order valence-corrected chi connectivity index (χ3v) is 10.9. The van der Waals surface area contributed by atoms with Gasteiger partial charge in [-0.15, -0.1) is 6.58 Å². The highest BCUT2D eigenvalue weighted by molar-refractivity contribution is 6.76. The van der Waals surface area contributed by atoms with E-state index >= 15 is 0 Å². The van der Waals surface area contributed by atoms with Crippen molar-refractivity contribution in [3.63, 3.8) is 0 Å². The SMILES string of the molecule is C=C[C@@H]1[C@H](O[Si](C)(C)C)C[C@@H](c2ccccc2)O[Si]1(CC)CC. The topological polar surface area (TPSA) is 18.5 Å². The predicted molar refractivity (Wildman–Crippen MR) is 104 cm³/mol. The van der Waals surface area contributed by atoms with E-state index < -0.39 is 16.6 Å². The lowest BCUT2D eigenvalue weighted by molar-refractivity contribution is 0.0608. The molecule has 0 aliphatic carbocycles. The monoisotopic (exact) mass is 348 g/mol. The molecule has 1 aromatic carbocycles. The standard InChI is InChI=1S/C19H32O2Si2/c1-7-19-18(20-22(4,5)6)15-17(16-13-11-10-12-14-16)21-23(19,8-2)9-3/h7,10-14,17-19H,1,8-9,15H2,2-6H3/t17-,18+,19+/m0/s1. The zero-order chi connectivity index (χ0) is 17.1. The molecule has 0 aromatic heterocycles. The van der Waals surface area contributed by atoms with Crippen molar-refractivity contribution in [2.75, 3.05) is 0 Å². The van der Waals surface area contributed by atoms with E-state index in [1.807, 2.05) is 0 Å². The Morgan fingerprint density at radius 1 is 1.22 bits per heavy atom. The first-order chi connectivity index (χ1) is 10.8. The first kappa shape index (κ1) is 18.6. The summed E-state index contributed by atoms with van der Waals surface area (Å²) in [5.41, 5.74) is 1.68. The van der Waals surface area contributed by atoms with E-state index in [0.29, 0.717) is 5.54 Å². The van der Waals surface area contributed by atoms with Gasteiger partial charge in [0.2, 0.25) is 8.32 Å². The fraction of sp³-hybridized carbons (Fsp3) is 0.579. The van der Waals surface area contributed by atoms with E-state index in [9.17, 15) is 0 Å². The molecule has 3 atom stereocenters. The average Bonchev–Trinajstić information content (AvgIpc) is 2.53. The number of rotatable bonds is 6. The van der Waals surface area contributed by atoms with Gasteiger partial charge >= 0.3 is 0 Å². The van der Waals surface area contributed by atoms with Crippen molar-refractivity contribution in [3.8, 4) is 0 Å². The summed E-state index contributed by atoms with van der Waals surface area (Å²) in [4.78, 5) is 0. The smallest absolute Gasteiger partial charge is 0.202 e.